The van der Waals surface area contributed by atoms with E-state index in [4.69, 9.17) is 9.94 Å². The highest BCUT2D eigenvalue weighted by atomic mass is 16.5. The molecule has 2 N–H and O–H groups in total. The van der Waals surface area contributed by atoms with E-state index in [9.17, 15) is 0 Å². The fourth-order valence-corrected chi connectivity index (χ4v) is 2.33. The van der Waals surface area contributed by atoms with E-state index in [0.717, 1.165) is 16.7 Å². The summed E-state index contributed by atoms with van der Waals surface area (Å²) in [5.74, 6) is 6.58. The third kappa shape index (κ3) is 3.78. The van der Waals surface area contributed by atoms with E-state index in [1.165, 1.54) is 0 Å². The largest absolute Gasteiger partial charge is 0.475 e. The summed E-state index contributed by atoms with van der Waals surface area (Å²) >= 11 is 0. The van der Waals surface area contributed by atoms with Crippen LogP contribution in [0.4, 0.5) is 0 Å². The van der Waals surface area contributed by atoms with Crippen molar-refractivity contribution in [2.24, 2.45) is 4.99 Å². The highest BCUT2D eigenvalue weighted by Gasteiger charge is 2.21. The lowest BCUT2D eigenvalue weighted by atomic mass is 10.1. The third-order valence-corrected chi connectivity index (χ3v) is 3.57. The minimum Gasteiger partial charge on any atom is -0.475 e. The Balaban J connectivity index is 1.81. The summed E-state index contributed by atoms with van der Waals surface area (Å²) in [6.45, 7) is 2.34. The van der Waals surface area contributed by atoms with Crippen molar-refractivity contribution in [2.75, 3.05) is 6.61 Å². The molecule has 2 aromatic carbocycles. The van der Waals surface area contributed by atoms with Gasteiger partial charge in [0.25, 0.3) is 0 Å². The van der Waals surface area contributed by atoms with E-state index in [0.29, 0.717) is 12.5 Å². The van der Waals surface area contributed by atoms with Crippen molar-refractivity contribution in [3.8, 4) is 11.8 Å². The molecule has 2 aromatic rings. The number of hydrogen-bond donors (Lipinski definition) is 2. The second-order valence-corrected chi connectivity index (χ2v) is 5.37. The summed E-state index contributed by atoms with van der Waals surface area (Å²) in [5, 5.41) is 8.79. The van der Waals surface area contributed by atoms with Crippen molar-refractivity contribution in [3.05, 3.63) is 71.3 Å². The number of aliphatic imine (C=N–C) groups is 1. The minimum absolute atomic E-state index is 0.0413. The van der Waals surface area contributed by atoms with Crippen LogP contribution in [0, 0.1) is 11.8 Å². The first-order valence-electron chi connectivity index (χ1n) is 7.53. The number of hydroxylamine groups is 1. The predicted octanol–water partition coefficient (Wildman–Crippen LogP) is 2.92. The Morgan fingerprint density at radius 1 is 1.22 bits per heavy atom. The molecule has 2 unspecified atom stereocenters. The molecule has 1 aliphatic rings. The summed E-state index contributed by atoms with van der Waals surface area (Å²) in [5.41, 5.74) is 5.04. The topological polar surface area (TPSA) is 53.8 Å². The van der Waals surface area contributed by atoms with Crippen molar-refractivity contribution < 1.29 is 9.94 Å². The van der Waals surface area contributed by atoms with Crippen LogP contribution in [0.5, 0.6) is 0 Å². The van der Waals surface area contributed by atoms with Crippen LogP contribution < -0.4 is 5.48 Å². The number of nitrogens with zero attached hydrogens (tertiary/aromatic N) is 1. The molecule has 3 rings (SSSR count). The number of rotatable bonds is 3. The van der Waals surface area contributed by atoms with Crippen LogP contribution in [0.1, 0.15) is 29.7 Å². The van der Waals surface area contributed by atoms with Crippen molar-refractivity contribution in [1.29, 1.82) is 0 Å². The van der Waals surface area contributed by atoms with Gasteiger partial charge < -0.3 is 9.94 Å². The summed E-state index contributed by atoms with van der Waals surface area (Å²) in [6, 6.07) is 17.7. The first kappa shape index (κ1) is 15.3. The van der Waals surface area contributed by atoms with Crippen LogP contribution in [0.3, 0.4) is 0 Å². The third-order valence-electron chi connectivity index (χ3n) is 3.57. The van der Waals surface area contributed by atoms with E-state index >= 15 is 0 Å². The Morgan fingerprint density at radius 3 is 2.83 bits per heavy atom. The van der Waals surface area contributed by atoms with Crippen molar-refractivity contribution in [1.82, 2.24) is 5.48 Å². The van der Waals surface area contributed by atoms with Gasteiger partial charge in [-0.15, -0.1) is 0 Å². The second-order valence-electron chi connectivity index (χ2n) is 5.37. The lowest BCUT2D eigenvalue weighted by molar-refractivity contribution is 0.152. The molecule has 0 radical (unpaired) electrons. The highest BCUT2D eigenvalue weighted by Crippen LogP contribution is 2.25. The predicted molar refractivity (Wildman–Crippen MR) is 89.4 cm³/mol. The molecular formula is C19H18N2O2. The quantitative estimate of drug-likeness (QED) is 0.677. The van der Waals surface area contributed by atoms with Gasteiger partial charge in [-0.05, 0) is 30.7 Å². The maximum Gasteiger partial charge on any atom is 0.216 e. The van der Waals surface area contributed by atoms with E-state index in [-0.39, 0.29) is 12.1 Å². The van der Waals surface area contributed by atoms with Crippen LogP contribution >= 0.6 is 0 Å². The zero-order chi connectivity index (χ0) is 16.1. The first-order valence-corrected chi connectivity index (χ1v) is 7.53. The molecule has 0 saturated carbocycles. The van der Waals surface area contributed by atoms with Gasteiger partial charge in [0.2, 0.25) is 5.90 Å². The standard InChI is InChI=1S/C19H18N2O2/c1-14(21-22)10-11-15-6-5-9-17(12-15)19-20-18(13-23-19)16-7-3-2-4-8-16/h2-9,12,14,18,21-22H,13H2,1H3. The first-order chi connectivity index (χ1) is 11.3. The SMILES string of the molecule is CC(C#Cc1cccc(C2=NC(c3ccccc3)CO2)c1)NO. The van der Waals surface area contributed by atoms with E-state index < -0.39 is 0 Å². The molecule has 0 aliphatic carbocycles. The molecule has 1 heterocycles. The molecular weight excluding hydrogens is 288 g/mol. The number of nitrogens with one attached hydrogen (secondary N) is 1. The van der Waals surface area contributed by atoms with Gasteiger partial charge in [-0.1, -0.05) is 48.2 Å². The molecule has 0 aromatic heterocycles. The fraction of sp³-hybridized carbons (Fsp3) is 0.211. The lowest BCUT2D eigenvalue weighted by Gasteiger charge is -2.03. The smallest absolute Gasteiger partial charge is 0.216 e. The molecule has 4 nitrogen and oxygen atoms in total. The van der Waals surface area contributed by atoms with Crippen LogP contribution in [-0.4, -0.2) is 23.8 Å². The number of ether oxygens (including phenoxy) is 1. The Bertz CT molecular complexity index is 760. The molecule has 0 fully saturated rings. The van der Waals surface area contributed by atoms with E-state index in [1.54, 1.807) is 6.92 Å². The maximum absolute atomic E-state index is 8.79. The minimum atomic E-state index is -0.277. The van der Waals surface area contributed by atoms with Crippen molar-refractivity contribution in [2.45, 2.75) is 19.0 Å². The summed E-state index contributed by atoms with van der Waals surface area (Å²) in [6.07, 6.45) is 0. The molecule has 23 heavy (non-hydrogen) atoms. The van der Waals surface area contributed by atoms with Gasteiger partial charge in [0, 0.05) is 11.1 Å². The van der Waals surface area contributed by atoms with Crippen LogP contribution in [0.2, 0.25) is 0 Å². The van der Waals surface area contributed by atoms with Gasteiger partial charge in [0.05, 0.1) is 6.04 Å². The lowest BCUT2D eigenvalue weighted by Crippen LogP contribution is -2.19. The van der Waals surface area contributed by atoms with Gasteiger partial charge in [0.15, 0.2) is 0 Å². The molecule has 4 heteroatoms. The molecule has 0 bridgehead atoms. The maximum atomic E-state index is 8.79. The molecule has 0 spiro atoms. The van der Waals surface area contributed by atoms with Crippen LogP contribution in [0.25, 0.3) is 0 Å². The monoisotopic (exact) mass is 306 g/mol. The molecule has 0 amide bonds. The molecule has 1 aliphatic heterocycles. The van der Waals surface area contributed by atoms with Gasteiger partial charge >= 0.3 is 0 Å². The zero-order valence-corrected chi connectivity index (χ0v) is 12.9. The van der Waals surface area contributed by atoms with E-state index in [2.05, 4.69) is 34.4 Å². The van der Waals surface area contributed by atoms with Gasteiger partial charge in [-0.25, -0.2) is 4.99 Å². The normalized spacial score (nSPS) is 17.7. The van der Waals surface area contributed by atoms with Gasteiger partial charge in [-0.3, -0.25) is 0 Å². The Morgan fingerprint density at radius 2 is 2.04 bits per heavy atom. The Labute approximate surface area is 135 Å². The molecule has 0 saturated heterocycles. The second kappa shape index (κ2) is 7.10. The van der Waals surface area contributed by atoms with E-state index in [1.807, 2.05) is 42.5 Å². The molecule has 116 valence electrons. The zero-order valence-electron chi connectivity index (χ0n) is 12.9. The summed E-state index contributed by atoms with van der Waals surface area (Å²) < 4.78 is 5.76. The highest BCUT2D eigenvalue weighted by molar-refractivity contribution is 5.95. The van der Waals surface area contributed by atoms with Crippen molar-refractivity contribution in [3.63, 3.8) is 0 Å². The van der Waals surface area contributed by atoms with Gasteiger partial charge in [-0.2, -0.15) is 5.48 Å². The average molecular weight is 306 g/mol. The summed E-state index contributed by atoms with van der Waals surface area (Å²) in [4.78, 5) is 4.67. The average Bonchev–Trinajstić information content (AvgIpc) is 3.11. The Hall–Kier alpha value is -2.61. The van der Waals surface area contributed by atoms with Crippen molar-refractivity contribution >= 4 is 5.90 Å². The van der Waals surface area contributed by atoms with Gasteiger partial charge in [0.1, 0.15) is 12.6 Å². The molecule has 2 atom stereocenters. The number of hydrogen-bond acceptors (Lipinski definition) is 4. The number of benzene rings is 2. The fourth-order valence-electron chi connectivity index (χ4n) is 2.33. The van der Waals surface area contributed by atoms with Crippen LogP contribution in [0.15, 0.2) is 59.6 Å². The summed E-state index contributed by atoms with van der Waals surface area (Å²) in [7, 11) is 0. The van der Waals surface area contributed by atoms with Crippen LogP contribution in [-0.2, 0) is 4.74 Å². The Kier molecular flexibility index (Phi) is 4.72.